The minimum absolute atomic E-state index is 0.0141. The Morgan fingerprint density at radius 1 is 1.09 bits per heavy atom. The van der Waals surface area contributed by atoms with Crippen LogP contribution in [0, 0.1) is 20.8 Å². The maximum absolute atomic E-state index is 13.3. The lowest BCUT2D eigenvalue weighted by Crippen LogP contribution is -2.29. The number of aryl methyl sites for hydroxylation is 4. The summed E-state index contributed by atoms with van der Waals surface area (Å²) in [5.41, 5.74) is 4.53. The third-order valence-electron chi connectivity index (χ3n) is 6.11. The molecular formula is C27H26N2O4S. The molecule has 1 N–H and O–H groups in total. The second kappa shape index (κ2) is 8.99. The summed E-state index contributed by atoms with van der Waals surface area (Å²) in [5.74, 6) is -1.93. The number of aromatic nitrogens is 1. The number of hydrogen-bond donors (Lipinski definition) is 1. The van der Waals surface area contributed by atoms with E-state index in [1.165, 1.54) is 11.8 Å². The highest BCUT2D eigenvalue weighted by Crippen LogP contribution is 2.44. The number of Topliss-reactive ketones (excluding diaryl/α,β-unsaturated/α-hetero) is 2. The first-order chi connectivity index (χ1) is 16.1. The lowest BCUT2D eigenvalue weighted by Gasteiger charge is -2.23. The maximum atomic E-state index is 13.3. The number of hydrogen-bond acceptors (Lipinski definition) is 6. The van der Waals surface area contributed by atoms with Crippen molar-refractivity contribution in [2.45, 2.75) is 47.1 Å². The smallest absolute Gasteiger partial charge is 0.301 e. The second-order valence-electron chi connectivity index (χ2n) is 8.55. The van der Waals surface area contributed by atoms with Crippen molar-refractivity contribution in [3.05, 3.63) is 86.4 Å². The predicted molar refractivity (Wildman–Crippen MR) is 133 cm³/mol. The Morgan fingerprint density at radius 3 is 2.35 bits per heavy atom. The first-order valence-electron chi connectivity index (χ1n) is 11.1. The molecule has 0 saturated carbocycles. The fourth-order valence-corrected chi connectivity index (χ4v) is 5.22. The summed E-state index contributed by atoms with van der Waals surface area (Å²) >= 11 is 1.08. The summed E-state index contributed by atoms with van der Waals surface area (Å²) in [6, 6.07) is 12.4. The van der Waals surface area contributed by atoms with Crippen molar-refractivity contribution in [3.8, 4) is 0 Å². The van der Waals surface area contributed by atoms with E-state index in [9.17, 15) is 19.5 Å². The maximum Gasteiger partial charge on any atom is 0.301 e. The van der Waals surface area contributed by atoms with Gasteiger partial charge in [0.2, 0.25) is 0 Å². The Kier molecular flexibility index (Phi) is 6.23. The van der Waals surface area contributed by atoms with Crippen molar-refractivity contribution in [2.24, 2.45) is 0 Å². The molecular weight excluding hydrogens is 448 g/mol. The quantitative estimate of drug-likeness (QED) is 0.230. The van der Waals surface area contributed by atoms with Crippen molar-refractivity contribution in [1.82, 2.24) is 4.98 Å². The minimum atomic E-state index is -0.865. The second-order valence-corrected chi connectivity index (χ2v) is 9.53. The zero-order chi connectivity index (χ0) is 24.7. The number of aliphatic hydroxyl groups excluding tert-OH is 1. The van der Waals surface area contributed by atoms with E-state index in [0.717, 1.165) is 34.4 Å². The summed E-state index contributed by atoms with van der Waals surface area (Å²) < 4.78 is 0. The lowest BCUT2D eigenvalue weighted by molar-refractivity contribution is -0.132. The van der Waals surface area contributed by atoms with Gasteiger partial charge in [-0.05, 0) is 49.9 Å². The highest BCUT2D eigenvalue weighted by atomic mass is 32.1. The molecule has 1 unspecified atom stereocenters. The fourth-order valence-electron chi connectivity index (χ4n) is 4.23. The highest BCUT2D eigenvalue weighted by molar-refractivity contribution is 7.18. The zero-order valence-electron chi connectivity index (χ0n) is 19.8. The third-order valence-corrected chi connectivity index (χ3v) is 7.37. The SMILES string of the molecule is CCc1ccc(C2C(=C(O)c3cc(C)ccc3C)C(=O)C(=O)N2c2nc(C)c(C(C)=O)s2)cc1. The molecule has 1 aromatic heterocycles. The fraction of sp³-hybridized carbons (Fsp3) is 0.259. The van der Waals surface area contributed by atoms with E-state index in [1.807, 2.05) is 57.2 Å². The van der Waals surface area contributed by atoms with E-state index in [4.69, 9.17) is 0 Å². The van der Waals surface area contributed by atoms with Gasteiger partial charge in [-0.25, -0.2) is 4.98 Å². The van der Waals surface area contributed by atoms with Crippen LogP contribution in [0.4, 0.5) is 5.13 Å². The molecule has 1 saturated heterocycles. The number of thiazole rings is 1. The van der Waals surface area contributed by atoms with Crippen LogP contribution in [-0.4, -0.2) is 27.6 Å². The summed E-state index contributed by atoms with van der Waals surface area (Å²) in [4.78, 5) is 44.9. The van der Waals surface area contributed by atoms with Crippen molar-refractivity contribution >= 4 is 39.7 Å². The summed E-state index contributed by atoms with van der Waals surface area (Å²) in [7, 11) is 0. The molecule has 2 heterocycles. The van der Waals surface area contributed by atoms with E-state index >= 15 is 0 Å². The number of anilines is 1. The molecule has 0 bridgehead atoms. The van der Waals surface area contributed by atoms with Crippen LogP contribution >= 0.6 is 11.3 Å². The van der Waals surface area contributed by atoms with Crippen LogP contribution in [-0.2, 0) is 16.0 Å². The van der Waals surface area contributed by atoms with Gasteiger partial charge in [-0.1, -0.05) is 60.2 Å². The molecule has 1 fully saturated rings. The number of carbonyl (C=O) groups excluding carboxylic acids is 3. The van der Waals surface area contributed by atoms with Gasteiger partial charge in [0.1, 0.15) is 5.76 Å². The number of benzene rings is 2. The Morgan fingerprint density at radius 2 is 1.76 bits per heavy atom. The molecule has 2 aromatic carbocycles. The molecule has 1 aliphatic rings. The van der Waals surface area contributed by atoms with Gasteiger partial charge < -0.3 is 5.11 Å². The number of rotatable bonds is 5. The minimum Gasteiger partial charge on any atom is -0.507 e. The molecule has 7 heteroatoms. The van der Waals surface area contributed by atoms with Crippen molar-refractivity contribution in [2.75, 3.05) is 4.90 Å². The average molecular weight is 475 g/mol. The molecule has 0 spiro atoms. The number of ketones is 2. The predicted octanol–water partition coefficient (Wildman–Crippen LogP) is 5.46. The number of amides is 1. The van der Waals surface area contributed by atoms with Gasteiger partial charge in [-0.2, -0.15) is 0 Å². The summed E-state index contributed by atoms with van der Waals surface area (Å²) in [6.07, 6.45) is 0.844. The van der Waals surface area contributed by atoms with E-state index < -0.39 is 17.7 Å². The molecule has 3 aromatic rings. The van der Waals surface area contributed by atoms with Gasteiger partial charge in [0.25, 0.3) is 5.78 Å². The lowest BCUT2D eigenvalue weighted by atomic mass is 9.93. The Bertz CT molecular complexity index is 1350. The zero-order valence-corrected chi connectivity index (χ0v) is 20.6. The number of nitrogens with zero attached hydrogens (tertiary/aromatic N) is 2. The van der Waals surface area contributed by atoms with Crippen LogP contribution in [0.3, 0.4) is 0 Å². The van der Waals surface area contributed by atoms with Crippen LogP contribution in [0.25, 0.3) is 5.76 Å². The Balaban J connectivity index is 1.97. The third kappa shape index (κ3) is 3.96. The molecule has 1 atom stereocenters. The molecule has 4 rings (SSSR count). The van der Waals surface area contributed by atoms with Gasteiger partial charge >= 0.3 is 5.91 Å². The van der Waals surface area contributed by atoms with Crippen LogP contribution in [0.2, 0.25) is 0 Å². The highest BCUT2D eigenvalue weighted by Gasteiger charge is 2.48. The van der Waals surface area contributed by atoms with E-state index in [1.54, 1.807) is 13.0 Å². The van der Waals surface area contributed by atoms with Crippen molar-refractivity contribution < 1.29 is 19.5 Å². The van der Waals surface area contributed by atoms with Gasteiger partial charge in [-0.3, -0.25) is 19.3 Å². The Labute approximate surface area is 202 Å². The van der Waals surface area contributed by atoms with Crippen LogP contribution in [0.5, 0.6) is 0 Å². The summed E-state index contributed by atoms with van der Waals surface area (Å²) in [5, 5.41) is 11.6. The molecule has 174 valence electrons. The molecule has 6 nitrogen and oxygen atoms in total. The average Bonchev–Trinajstić information content (AvgIpc) is 3.32. The standard InChI is InChI=1S/C27H26N2O4S/c1-6-18-9-11-19(12-10-18)22-21(23(31)20-13-14(2)7-8-15(20)3)24(32)26(33)29(22)27-28-16(4)25(34-27)17(5)30/h7-13,22,31H,6H2,1-5H3. The number of aliphatic hydroxyl groups is 1. The van der Waals surface area contributed by atoms with Crippen LogP contribution < -0.4 is 4.90 Å². The van der Waals surface area contributed by atoms with E-state index in [0.29, 0.717) is 21.7 Å². The normalized spacial score (nSPS) is 17.4. The molecule has 0 radical (unpaired) electrons. The topological polar surface area (TPSA) is 87.6 Å². The summed E-state index contributed by atoms with van der Waals surface area (Å²) in [6.45, 7) is 8.94. The molecule has 0 aliphatic carbocycles. The van der Waals surface area contributed by atoms with Crippen LogP contribution in [0.1, 0.15) is 63.1 Å². The number of carbonyl (C=O) groups is 3. The van der Waals surface area contributed by atoms with Crippen molar-refractivity contribution in [1.29, 1.82) is 0 Å². The van der Waals surface area contributed by atoms with Gasteiger partial charge in [0.05, 0.1) is 22.2 Å². The van der Waals surface area contributed by atoms with Gasteiger partial charge in [-0.15, -0.1) is 0 Å². The van der Waals surface area contributed by atoms with Gasteiger partial charge in [0.15, 0.2) is 10.9 Å². The Hall–Kier alpha value is -3.58. The first kappa shape index (κ1) is 23.6. The molecule has 34 heavy (non-hydrogen) atoms. The molecule has 1 aliphatic heterocycles. The van der Waals surface area contributed by atoms with Crippen molar-refractivity contribution in [3.63, 3.8) is 0 Å². The van der Waals surface area contributed by atoms with Gasteiger partial charge in [0, 0.05) is 12.5 Å². The van der Waals surface area contributed by atoms with E-state index in [2.05, 4.69) is 4.98 Å². The largest absolute Gasteiger partial charge is 0.507 e. The monoisotopic (exact) mass is 474 g/mol. The first-order valence-corrected chi connectivity index (χ1v) is 11.9. The molecule has 1 amide bonds. The van der Waals surface area contributed by atoms with E-state index in [-0.39, 0.29) is 22.2 Å². The van der Waals surface area contributed by atoms with Crippen LogP contribution in [0.15, 0.2) is 48.0 Å².